The Morgan fingerprint density at radius 3 is 2.53 bits per heavy atom. The van der Waals surface area contributed by atoms with E-state index in [1.165, 1.54) is 39.9 Å². The first-order valence-electron chi connectivity index (χ1n) is 12.2. The number of amides is 2. The lowest BCUT2D eigenvalue weighted by Gasteiger charge is -2.30. The van der Waals surface area contributed by atoms with Gasteiger partial charge in [-0.2, -0.15) is 0 Å². The second-order valence-electron chi connectivity index (χ2n) is 9.42. The van der Waals surface area contributed by atoms with Gasteiger partial charge in [0.25, 0.3) is 21.8 Å². The first-order chi connectivity index (χ1) is 17.3. The molecule has 1 aliphatic carbocycles. The van der Waals surface area contributed by atoms with E-state index in [-0.39, 0.29) is 16.7 Å². The van der Waals surface area contributed by atoms with Crippen LogP contribution in [0.4, 0.5) is 10.7 Å². The summed E-state index contributed by atoms with van der Waals surface area (Å²) in [6.45, 7) is 2.62. The zero-order chi connectivity index (χ0) is 25.4. The van der Waals surface area contributed by atoms with Gasteiger partial charge in [0.2, 0.25) is 0 Å². The highest BCUT2D eigenvalue weighted by Gasteiger charge is 2.30. The number of sulfonamides is 1. The quantitative estimate of drug-likeness (QED) is 0.510. The number of nitrogens with one attached hydrogen (secondary N) is 2. The van der Waals surface area contributed by atoms with Gasteiger partial charge in [0.15, 0.2) is 0 Å². The van der Waals surface area contributed by atoms with E-state index in [0.29, 0.717) is 34.3 Å². The summed E-state index contributed by atoms with van der Waals surface area (Å²) in [4.78, 5) is 27.0. The fraction of sp³-hybridized carbons (Fsp3) is 0.333. The number of carbonyl (C=O) groups excluding carboxylic acids is 2. The van der Waals surface area contributed by atoms with Crippen LogP contribution in [0.1, 0.15) is 56.5 Å². The van der Waals surface area contributed by atoms with Crippen molar-refractivity contribution in [2.24, 2.45) is 5.92 Å². The van der Waals surface area contributed by atoms with E-state index >= 15 is 0 Å². The zero-order valence-corrected chi connectivity index (χ0v) is 22.0. The van der Waals surface area contributed by atoms with Crippen LogP contribution in [-0.4, -0.2) is 33.8 Å². The molecule has 0 unspecified atom stereocenters. The summed E-state index contributed by atoms with van der Waals surface area (Å²) in [5, 5.41) is 6.14. The minimum Gasteiger partial charge on any atom is -0.355 e. The van der Waals surface area contributed by atoms with Crippen molar-refractivity contribution in [3.8, 4) is 0 Å². The van der Waals surface area contributed by atoms with Crippen molar-refractivity contribution in [1.29, 1.82) is 0 Å². The first-order valence-corrected chi connectivity index (χ1v) is 14.4. The number of aryl methyl sites for hydroxylation is 1. The second kappa shape index (κ2) is 9.71. The molecule has 7 nitrogen and oxygen atoms in total. The van der Waals surface area contributed by atoms with Crippen LogP contribution in [0, 0.1) is 5.92 Å². The lowest BCUT2D eigenvalue weighted by Crippen LogP contribution is -2.35. The minimum atomic E-state index is -3.75. The van der Waals surface area contributed by atoms with Gasteiger partial charge >= 0.3 is 0 Å². The van der Waals surface area contributed by atoms with Crippen LogP contribution < -0.4 is 14.9 Å². The molecule has 0 radical (unpaired) electrons. The number of nitrogens with zero attached hydrogens (tertiary/aromatic N) is 1. The molecule has 1 aliphatic heterocycles. The summed E-state index contributed by atoms with van der Waals surface area (Å²) in [7, 11) is -2.17. The largest absolute Gasteiger partial charge is 0.355 e. The molecular weight excluding hydrogens is 494 g/mol. The third kappa shape index (κ3) is 4.41. The van der Waals surface area contributed by atoms with Gasteiger partial charge < -0.3 is 10.6 Å². The predicted octanol–water partition coefficient (Wildman–Crippen LogP) is 4.63. The van der Waals surface area contributed by atoms with Crippen molar-refractivity contribution in [2.75, 3.05) is 23.2 Å². The molecule has 1 aromatic heterocycles. The van der Waals surface area contributed by atoms with E-state index < -0.39 is 10.0 Å². The van der Waals surface area contributed by atoms with Crippen molar-refractivity contribution in [1.82, 2.24) is 5.32 Å². The van der Waals surface area contributed by atoms with Crippen molar-refractivity contribution in [2.45, 2.75) is 43.9 Å². The van der Waals surface area contributed by atoms with E-state index in [2.05, 4.69) is 17.6 Å². The standard InChI is InChI=1S/C27H29N3O4S2/c1-17-9-14-21-23(16-17)35-27(24(21)26(32)28-2)29-25(31)19-10-12-20(13-11-19)36(33,34)30-15-5-7-18-6-3-4-8-22(18)30/h3-4,6,8,10-13,17H,5,7,9,14-16H2,1-2H3,(H,28,32)(H,29,31)/t17-/m1/s1. The van der Waals surface area contributed by atoms with Crippen LogP contribution in [0.15, 0.2) is 53.4 Å². The maximum absolute atomic E-state index is 13.4. The van der Waals surface area contributed by atoms with Gasteiger partial charge in [-0.3, -0.25) is 13.9 Å². The molecule has 0 saturated heterocycles. The van der Waals surface area contributed by atoms with Crippen LogP contribution in [-0.2, 0) is 29.3 Å². The molecule has 2 aromatic carbocycles. The molecule has 9 heteroatoms. The average molecular weight is 524 g/mol. The van der Waals surface area contributed by atoms with Crippen molar-refractivity contribution in [3.05, 3.63) is 75.7 Å². The molecule has 2 aliphatic rings. The van der Waals surface area contributed by atoms with Gasteiger partial charge in [0.1, 0.15) is 5.00 Å². The SMILES string of the molecule is CNC(=O)c1c(NC(=O)c2ccc(S(=O)(=O)N3CCCc4ccccc43)cc2)sc2c1CC[C@@H](C)C2. The summed E-state index contributed by atoms with van der Waals surface area (Å²) < 4.78 is 28.2. The molecule has 2 amide bonds. The molecule has 2 N–H and O–H groups in total. The number of rotatable bonds is 5. The number of anilines is 2. The van der Waals surface area contributed by atoms with Gasteiger partial charge in [-0.15, -0.1) is 11.3 Å². The molecule has 0 spiro atoms. The Morgan fingerprint density at radius 1 is 1.03 bits per heavy atom. The summed E-state index contributed by atoms with van der Waals surface area (Å²) in [5.74, 6) is -0.0433. The van der Waals surface area contributed by atoms with Crippen LogP contribution in [0.5, 0.6) is 0 Å². The topological polar surface area (TPSA) is 95.6 Å². The van der Waals surface area contributed by atoms with Crippen LogP contribution in [0.25, 0.3) is 0 Å². The number of benzene rings is 2. The Hall–Kier alpha value is -3.17. The zero-order valence-electron chi connectivity index (χ0n) is 20.3. The van der Waals surface area contributed by atoms with Crippen molar-refractivity contribution < 1.29 is 18.0 Å². The summed E-state index contributed by atoms with van der Waals surface area (Å²) in [6, 6.07) is 13.5. The monoisotopic (exact) mass is 523 g/mol. The van der Waals surface area contributed by atoms with Crippen molar-refractivity contribution >= 4 is 43.9 Å². The molecule has 188 valence electrons. The Kier molecular flexibility index (Phi) is 6.61. The van der Waals surface area contributed by atoms with Crippen LogP contribution in [0.2, 0.25) is 0 Å². The van der Waals surface area contributed by atoms with Gasteiger partial charge in [0, 0.05) is 24.0 Å². The molecule has 0 bridgehead atoms. The van der Waals surface area contributed by atoms with Crippen LogP contribution >= 0.6 is 11.3 Å². The smallest absolute Gasteiger partial charge is 0.264 e. The average Bonchev–Trinajstić information content (AvgIpc) is 3.24. The van der Waals surface area contributed by atoms with Gasteiger partial charge in [-0.05, 0) is 79.5 Å². The normalized spacial score (nSPS) is 17.2. The van der Waals surface area contributed by atoms with E-state index in [1.807, 2.05) is 24.3 Å². The maximum Gasteiger partial charge on any atom is 0.264 e. The van der Waals surface area contributed by atoms with E-state index in [9.17, 15) is 18.0 Å². The molecule has 3 aromatic rings. The molecular formula is C27H29N3O4S2. The number of carbonyl (C=O) groups is 2. The maximum atomic E-state index is 13.4. The van der Waals surface area contributed by atoms with Gasteiger partial charge in [0.05, 0.1) is 16.1 Å². The first kappa shape index (κ1) is 24.5. The Labute approximate surface area is 215 Å². The Morgan fingerprint density at radius 2 is 1.78 bits per heavy atom. The molecule has 5 rings (SSSR count). The lowest BCUT2D eigenvalue weighted by atomic mass is 9.88. The fourth-order valence-electron chi connectivity index (χ4n) is 5.03. The molecule has 1 atom stereocenters. The number of hydrogen-bond donors (Lipinski definition) is 2. The summed E-state index contributed by atoms with van der Waals surface area (Å²) >= 11 is 1.46. The lowest BCUT2D eigenvalue weighted by molar-refractivity contribution is 0.0963. The Bertz CT molecular complexity index is 1430. The number of para-hydroxylation sites is 1. The number of fused-ring (bicyclic) bond motifs is 2. The molecule has 2 heterocycles. The highest BCUT2D eigenvalue weighted by molar-refractivity contribution is 7.92. The third-order valence-corrected chi connectivity index (χ3v) is 9.96. The highest BCUT2D eigenvalue weighted by Crippen LogP contribution is 2.40. The Balaban J connectivity index is 1.39. The minimum absolute atomic E-state index is 0.141. The van der Waals surface area contributed by atoms with E-state index in [4.69, 9.17) is 0 Å². The van der Waals surface area contributed by atoms with Gasteiger partial charge in [-0.25, -0.2) is 8.42 Å². The molecule has 0 saturated carbocycles. The fourth-order valence-corrected chi connectivity index (χ4v) is 7.98. The highest BCUT2D eigenvalue weighted by atomic mass is 32.2. The number of hydrogen-bond acceptors (Lipinski definition) is 5. The van der Waals surface area contributed by atoms with Crippen molar-refractivity contribution in [3.63, 3.8) is 0 Å². The molecule has 0 fully saturated rings. The second-order valence-corrected chi connectivity index (χ2v) is 12.4. The van der Waals surface area contributed by atoms with Crippen LogP contribution in [0.3, 0.4) is 0 Å². The third-order valence-electron chi connectivity index (χ3n) is 6.96. The number of thiophene rings is 1. The molecule has 36 heavy (non-hydrogen) atoms. The summed E-state index contributed by atoms with van der Waals surface area (Å²) in [5.41, 5.74) is 3.62. The summed E-state index contributed by atoms with van der Waals surface area (Å²) in [6.07, 6.45) is 4.33. The van der Waals surface area contributed by atoms with E-state index in [1.54, 1.807) is 7.05 Å². The van der Waals surface area contributed by atoms with Gasteiger partial charge in [-0.1, -0.05) is 25.1 Å². The predicted molar refractivity (Wildman–Crippen MR) is 143 cm³/mol. The van der Waals surface area contributed by atoms with E-state index in [0.717, 1.165) is 48.1 Å².